The number of carbonyl (C=O) groups excluding carboxylic acids is 1. The zero-order chi connectivity index (χ0) is 26.6. The molecular weight excluding hydrogens is 514 g/mol. The number of hydrogen-bond acceptors (Lipinski definition) is 10. The molecule has 38 heavy (non-hydrogen) atoms. The summed E-state index contributed by atoms with van der Waals surface area (Å²) >= 11 is 6.22. The van der Waals surface area contributed by atoms with Crippen LogP contribution in [0.15, 0.2) is 30.3 Å². The average molecular weight is 540 g/mol. The lowest BCUT2D eigenvalue weighted by Gasteiger charge is -2.39. The van der Waals surface area contributed by atoms with Gasteiger partial charge in [0.05, 0.1) is 39.9 Å². The summed E-state index contributed by atoms with van der Waals surface area (Å²) in [6, 6.07) is 8.97. The molecule has 0 bridgehead atoms. The van der Waals surface area contributed by atoms with Gasteiger partial charge in [0.25, 0.3) is 0 Å². The van der Waals surface area contributed by atoms with E-state index in [1.165, 1.54) is 0 Å². The van der Waals surface area contributed by atoms with Crippen LogP contribution in [-0.2, 0) is 9.53 Å². The van der Waals surface area contributed by atoms with Crippen molar-refractivity contribution in [2.45, 2.75) is 18.9 Å². The summed E-state index contributed by atoms with van der Waals surface area (Å²) in [7, 11) is 4.68. The maximum Gasteiger partial charge on any atom is 0.310 e. The Kier molecular flexibility index (Phi) is 6.06. The zero-order valence-electron chi connectivity index (χ0n) is 21.2. The van der Waals surface area contributed by atoms with Crippen molar-refractivity contribution in [3.05, 3.63) is 57.9 Å². The van der Waals surface area contributed by atoms with E-state index in [4.69, 9.17) is 40.0 Å². The molecule has 198 valence electrons. The van der Waals surface area contributed by atoms with Gasteiger partial charge in [-0.25, -0.2) is 9.97 Å². The van der Waals surface area contributed by atoms with Crippen LogP contribution in [0.4, 0.5) is 5.95 Å². The number of fused-ring (bicyclic) bond motifs is 3. The lowest BCUT2D eigenvalue weighted by molar-refractivity contribution is -0.141. The van der Waals surface area contributed by atoms with Crippen LogP contribution in [0.5, 0.6) is 28.7 Å². The number of aromatic nitrogens is 2. The fourth-order valence-electron chi connectivity index (χ4n) is 5.76. The minimum atomic E-state index is -0.511. The zero-order valence-corrected chi connectivity index (χ0v) is 22.0. The summed E-state index contributed by atoms with van der Waals surface area (Å²) in [4.78, 5) is 22.2. The number of benzene rings is 2. The van der Waals surface area contributed by atoms with Gasteiger partial charge in [0.2, 0.25) is 18.5 Å². The molecule has 3 heterocycles. The van der Waals surface area contributed by atoms with E-state index < -0.39 is 5.92 Å². The van der Waals surface area contributed by atoms with E-state index in [9.17, 15) is 4.79 Å². The fraction of sp³-hybridized carbons (Fsp3) is 0.370. The van der Waals surface area contributed by atoms with Gasteiger partial charge in [0.15, 0.2) is 23.0 Å². The summed E-state index contributed by atoms with van der Waals surface area (Å²) in [6.07, 6.45) is 0. The molecule has 3 aliphatic rings. The van der Waals surface area contributed by atoms with Crippen molar-refractivity contribution < 1.29 is 33.2 Å². The third kappa shape index (κ3) is 3.91. The van der Waals surface area contributed by atoms with Crippen LogP contribution in [-0.4, -0.2) is 50.7 Å². The molecule has 10 nitrogen and oxygen atoms in total. The fourth-order valence-corrected chi connectivity index (χ4v) is 6.00. The van der Waals surface area contributed by atoms with Crippen LogP contribution in [0, 0.1) is 18.8 Å². The van der Waals surface area contributed by atoms with E-state index >= 15 is 0 Å². The van der Waals surface area contributed by atoms with Crippen molar-refractivity contribution in [2.75, 3.05) is 40.0 Å². The predicted octanol–water partition coefficient (Wildman–Crippen LogP) is 4.28. The number of ether oxygens (including phenoxy) is 6. The van der Waals surface area contributed by atoms with E-state index in [-0.39, 0.29) is 37.2 Å². The van der Waals surface area contributed by atoms with Crippen LogP contribution in [0.3, 0.4) is 0 Å². The van der Waals surface area contributed by atoms with Crippen LogP contribution < -0.4 is 29.0 Å². The summed E-state index contributed by atoms with van der Waals surface area (Å²) < 4.78 is 33.9. The summed E-state index contributed by atoms with van der Waals surface area (Å²) in [5.41, 5.74) is 3.36. The first-order chi connectivity index (χ1) is 18.4. The van der Waals surface area contributed by atoms with Crippen molar-refractivity contribution in [3.8, 4) is 28.7 Å². The molecule has 11 heteroatoms. The summed E-state index contributed by atoms with van der Waals surface area (Å²) in [5.74, 6) is 1.66. The number of nitrogens with one attached hydrogen (secondary N) is 1. The number of nitrogens with zero attached hydrogens (tertiary/aromatic N) is 2. The van der Waals surface area contributed by atoms with Crippen LogP contribution in [0.2, 0.25) is 5.15 Å². The third-order valence-corrected chi connectivity index (χ3v) is 7.53. The molecule has 1 N–H and O–H groups in total. The number of hydrogen-bond donors (Lipinski definition) is 1. The Hall–Kier alpha value is -3.92. The summed E-state index contributed by atoms with van der Waals surface area (Å²) in [6.45, 7) is 2.20. The minimum absolute atomic E-state index is 0.122. The Morgan fingerprint density at radius 1 is 0.921 bits per heavy atom. The van der Waals surface area contributed by atoms with E-state index in [0.717, 1.165) is 22.4 Å². The number of carbonyl (C=O) groups is 1. The number of methoxy groups -OCH3 is 3. The molecule has 2 aliphatic heterocycles. The molecular formula is C27H26ClN3O7. The number of anilines is 1. The topological polar surface area (TPSA) is 110 Å². The van der Waals surface area contributed by atoms with Gasteiger partial charge < -0.3 is 33.7 Å². The first-order valence-electron chi connectivity index (χ1n) is 12.1. The SMILES string of the molecule is COc1cc([C@H]2c3cc4c(cc3[C@H](Nc3nc(C)cc(Cl)n3)[C@H]3COC(=O)[C@H]23)OCO4)cc(OC)c1OC. The smallest absolute Gasteiger partial charge is 0.310 e. The van der Waals surface area contributed by atoms with Gasteiger partial charge in [-0.05, 0) is 53.9 Å². The van der Waals surface area contributed by atoms with Crippen molar-refractivity contribution in [3.63, 3.8) is 0 Å². The number of esters is 1. The summed E-state index contributed by atoms with van der Waals surface area (Å²) in [5, 5.41) is 3.76. The highest BCUT2D eigenvalue weighted by atomic mass is 35.5. The first-order valence-corrected chi connectivity index (χ1v) is 12.5. The molecule has 6 rings (SSSR count). The van der Waals surface area contributed by atoms with E-state index in [1.807, 2.05) is 31.2 Å². The number of aryl methyl sites for hydroxylation is 1. The van der Waals surface area contributed by atoms with Gasteiger partial charge in [-0.1, -0.05) is 11.6 Å². The maximum absolute atomic E-state index is 13.3. The normalized spacial score (nSPS) is 22.8. The third-order valence-electron chi connectivity index (χ3n) is 7.34. The second kappa shape index (κ2) is 9.43. The number of halogens is 1. The molecule has 1 aromatic heterocycles. The van der Waals surface area contributed by atoms with Crippen molar-refractivity contribution in [1.29, 1.82) is 0 Å². The molecule has 0 saturated carbocycles. The molecule has 1 aliphatic carbocycles. The molecule has 1 saturated heterocycles. The molecule has 1 fully saturated rings. The first kappa shape index (κ1) is 24.4. The minimum Gasteiger partial charge on any atom is -0.493 e. The molecule has 0 radical (unpaired) electrons. The lowest BCUT2D eigenvalue weighted by Crippen LogP contribution is -2.38. The van der Waals surface area contributed by atoms with Gasteiger partial charge >= 0.3 is 5.97 Å². The van der Waals surface area contributed by atoms with Crippen molar-refractivity contribution >= 4 is 23.5 Å². The molecule has 0 amide bonds. The predicted molar refractivity (Wildman–Crippen MR) is 137 cm³/mol. The number of rotatable bonds is 6. The van der Waals surface area contributed by atoms with Gasteiger partial charge in [-0.3, -0.25) is 4.79 Å². The largest absolute Gasteiger partial charge is 0.493 e. The van der Waals surface area contributed by atoms with Crippen LogP contribution in [0.1, 0.15) is 34.3 Å². The monoisotopic (exact) mass is 539 g/mol. The van der Waals surface area contributed by atoms with Crippen molar-refractivity contribution in [1.82, 2.24) is 9.97 Å². The van der Waals surface area contributed by atoms with Gasteiger partial charge in [0.1, 0.15) is 5.15 Å². The molecule has 3 aromatic rings. The van der Waals surface area contributed by atoms with Gasteiger partial charge in [-0.2, -0.15) is 0 Å². The Morgan fingerprint density at radius 2 is 1.61 bits per heavy atom. The molecule has 2 aromatic carbocycles. The second-order valence-electron chi connectivity index (χ2n) is 9.37. The highest BCUT2D eigenvalue weighted by Crippen LogP contribution is 2.56. The second-order valence-corrected chi connectivity index (χ2v) is 9.76. The Labute approximate surface area is 224 Å². The van der Waals surface area contributed by atoms with Crippen LogP contribution >= 0.6 is 11.6 Å². The van der Waals surface area contributed by atoms with E-state index in [0.29, 0.717) is 39.8 Å². The quantitative estimate of drug-likeness (QED) is 0.360. The van der Waals surface area contributed by atoms with Crippen molar-refractivity contribution in [2.24, 2.45) is 11.8 Å². The highest BCUT2D eigenvalue weighted by molar-refractivity contribution is 6.29. The Morgan fingerprint density at radius 3 is 2.24 bits per heavy atom. The molecule has 0 spiro atoms. The van der Waals surface area contributed by atoms with E-state index in [2.05, 4.69) is 15.3 Å². The molecule has 4 atom stereocenters. The highest BCUT2D eigenvalue weighted by Gasteiger charge is 2.53. The Bertz CT molecular complexity index is 1390. The van der Waals surface area contributed by atoms with E-state index in [1.54, 1.807) is 27.4 Å². The van der Waals surface area contributed by atoms with Gasteiger partial charge in [-0.15, -0.1) is 0 Å². The molecule has 0 unspecified atom stereocenters. The number of cyclic esters (lactones) is 1. The average Bonchev–Trinajstić information content (AvgIpc) is 3.52. The van der Waals surface area contributed by atoms with Gasteiger partial charge in [0, 0.05) is 17.5 Å². The Balaban J connectivity index is 1.55. The standard InChI is InChI=1S/C27H26ClN3O7/c1-12-5-21(28)30-27(29-12)31-24-15-9-18-17(37-11-38-18)8-14(15)22(23-16(24)10-36-26(23)32)13-6-19(33-2)25(35-4)20(7-13)34-3/h5-9,16,22-24H,10-11H2,1-4H3,(H,29,30,31)/t16-,22-,23-,24-/m0/s1. The maximum atomic E-state index is 13.3. The lowest BCUT2D eigenvalue weighted by atomic mass is 9.65. The van der Waals surface area contributed by atoms with Crippen LogP contribution in [0.25, 0.3) is 0 Å².